The monoisotopic (exact) mass is 193 g/mol. The van der Waals surface area contributed by atoms with Gasteiger partial charge in [0.2, 0.25) is 0 Å². The molecule has 1 atom stereocenters. The molecule has 3 nitrogen and oxygen atoms in total. The van der Waals surface area contributed by atoms with Crippen LogP contribution in [0.4, 0.5) is 0 Å². The van der Waals surface area contributed by atoms with Gasteiger partial charge in [-0.25, -0.2) is 0 Å². The van der Waals surface area contributed by atoms with E-state index in [-0.39, 0.29) is 6.04 Å². The molecule has 3 N–H and O–H groups in total. The molecule has 1 heterocycles. The van der Waals surface area contributed by atoms with Crippen molar-refractivity contribution in [2.75, 3.05) is 0 Å². The summed E-state index contributed by atoms with van der Waals surface area (Å²) in [5, 5.41) is 0. The molecule has 1 aromatic heterocycles. The van der Waals surface area contributed by atoms with Gasteiger partial charge in [0.1, 0.15) is 0 Å². The van der Waals surface area contributed by atoms with E-state index in [1.807, 2.05) is 12.3 Å². The predicted molar refractivity (Wildman–Crippen MR) is 58.5 cm³/mol. The molecule has 1 rings (SSSR count). The van der Waals surface area contributed by atoms with Crippen molar-refractivity contribution in [1.29, 1.82) is 0 Å². The summed E-state index contributed by atoms with van der Waals surface area (Å²) in [4.78, 5) is 4.40. The molecule has 1 unspecified atom stereocenters. The van der Waals surface area contributed by atoms with Crippen molar-refractivity contribution in [3.63, 3.8) is 0 Å². The largest absolute Gasteiger partial charge is 0.271 e. The van der Waals surface area contributed by atoms with E-state index in [1.165, 1.54) is 5.56 Å². The highest BCUT2D eigenvalue weighted by Gasteiger charge is 2.17. The van der Waals surface area contributed by atoms with E-state index in [2.05, 4.69) is 37.2 Å². The van der Waals surface area contributed by atoms with Crippen LogP contribution in [-0.4, -0.2) is 4.98 Å². The van der Waals surface area contributed by atoms with Crippen LogP contribution in [0.15, 0.2) is 18.3 Å². The molecule has 0 fully saturated rings. The smallest absolute Gasteiger partial charge is 0.0657 e. The number of aryl methyl sites for hydroxylation is 1. The number of hydrogen-bond donors (Lipinski definition) is 2. The lowest BCUT2D eigenvalue weighted by Crippen LogP contribution is -2.32. The third-order valence-electron chi connectivity index (χ3n) is 2.45. The maximum atomic E-state index is 5.54. The fourth-order valence-electron chi connectivity index (χ4n) is 1.62. The van der Waals surface area contributed by atoms with Crippen LogP contribution in [-0.2, 0) is 6.42 Å². The van der Waals surface area contributed by atoms with E-state index < -0.39 is 0 Å². The molecular formula is C11H19N3. The highest BCUT2D eigenvalue weighted by atomic mass is 15.2. The summed E-state index contributed by atoms with van der Waals surface area (Å²) in [6, 6.07) is 4.22. The molecule has 0 aromatic carbocycles. The normalized spacial score (nSPS) is 13.2. The lowest BCUT2D eigenvalue weighted by atomic mass is 9.96. The molecule has 0 saturated heterocycles. The van der Waals surface area contributed by atoms with Crippen molar-refractivity contribution < 1.29 is 0 Å². The lowest BCUT2D eigenvalue weighted by molar-refractivity contribution is 0.409. The zero-order valence-electron chi connectivity index (χ0n) is 9.12. The Bertz CT molecular complexity index is 284. The second kappa shape index (κ2) is 5.08. The van der Waals surface area contributed by atoms with Gasteiger partial charge in [-0.15, -0.1) is 0 Å². The fraction of sp³-hybridized carbons (Fsp3) is 0.545. The van der Waals surface area contributed by atoms with E-state index in [0.29, 0.717) is 5.92 Å². The van der Waals surface area contributed by atoms with Crippen LogP contribution >= 0.6 is 0 Å². The number of nitrogens with one attached hydrogen (secondary N) is 1. The Labute approximate surface area is 85.7 Å². The Morgan fingerprint density at radius 3 is 2.71 bits per heavy atom. The molecule has 0 aliphatic heterocycles. The first kappa shape index (κ1) is 11.1. The van der Waals surface area contributed by atoms with Crippen LogP contribution in [0.3, 0.4) is 0 Å². The molecule has 0 bridgehead atoms. The van der Waals surface area contributed by atoms with Gasteiger partial charge in [-0.2, -0.15) is 0 Å². The summed E-state index contributed by atoms with van der Waals surface area (Å²) in [7, 11) is 0. The summed E-state index contributed by atoms with van der Waals surface area (Å²) < 4.78 is 0. The molecule has 0 aliphatic carbocycles. The Hall–Kier alpha value is -0.930. The average Bonchev–Trinajstić information content (AvgIpc) is 2.19. The average molecular weight is 193 g/mol. The summed E-state index contributed by atoms with van der Waals surface area (Å²) in [5.41, 5.74) is 5.17. The molecule has 0 amide bonds. The van der Waals surface area contributed by atoms with Crippen molar-refractivity contribution in [2.24, 2.45) is 11.8 Å². The van der Waals surface area contributed by atoms with Crippen LogP contribution in [0, 0.1) is 5.92 Å². The van der Waals surface area contributed by atoms with E-state index in [1.54, 1.807) is 0 Å². The van der Waals surface area contributed by atoms with E-state index in [4.69, 9.17) is 5.84 Å². The Balaban J connectivity index is 3.02. The second-order valence-corrected chi connectivity index (χ2v) is 3.79. The first-order chi connectivity index (χ1) is 6.70. The van der Waals surface area contributed by atoms with Crippen molar-refractivity contribution in [3.8, 4) is 0 Å². The van der Waals surface area contributed by atoms with Crippen LogP contribution in [0.1, 0.15) is 38.1 Å². The Morgan fingerprint density at radius 1 is 1.50 bits per heavy atom. The van der Waals surface area contributed by atoms with Gasteiger partial charge < -0.3 is 0 Å². The number of hydrazine groups is 1. The van der Waals surface area contributed by atoms with Crippen molar-refractivity contribution in [3.05, 3.63) is 29.6 Å². The number of nitrogens with two attached hydrogens (primary N) is 1. The minimum absolute atomic E-state index is 0.145. The fourth-order valence-corrected chi connectivity index (χ4v) is 1.62. The molecule has 3 heteroatoms. The Morgan fingerprint density at radius 2 is 2.21 bits per heavy atom. The predicted octanol–water partition coefficient (Wildman–Crippen LogP) is 1.80. The molecule has 0 spiro atoms. The van der Waals surface area contributed by atoms with Crippen LogP contribution in [0.2, 0.25) is 0 Å². The highest BCUT2D eigenvalue weighted by molar-refractivity contribution is 5.23. The number of pyridine rings is 1. The van der Waals surface area contributed by atoms with Crippen LogP contribution < -0.4 is 11.3 Å². The van der Waals surface area contributed by atoms with Gasteiger partial charge in [0, 0.05) is 6.20 Å². The standard InChI is InChI=1S/C11H19N3/c1-4-9-6-5-7-13-11(9)10(14-12)8(2)3/h5-8,10,14H,4,12H2,1-3H3. The molecule has 0 saturated carbocycles. The third kappa shape index (κ3) is 2.30. The quantitative estimate of drug-likeness (QED) is 0.566. The zero-order valence-corrected chi connectivity index (χ0v) is 9.12. The SMILES string of the molecule is CCc1cccnc1C(NN)C(C)C. The maximum absolute atomic E-state index is 5.54. The molecule has 78 valence electrons. The second-order valence-electron chi connectivity index (χ2n) is 3.79. The van der Waals surface area contributed by atoms with E-state index in [0.717, 1.165) is 12.1 Å². The summed E-state index contributed by atoms with van der Waals surface area (Å²) in [6.07, 6.45) is 2.81. The molecular weight excluding hydrogens is 174 g/mol. The van der Waals surface area contributed by atoms with Gasteiger partial charge in [0.25, 0.3) is 0 Å². The van der Waals surface area contributed by atoms with Crippen LogP contribution in [0.25, 0.3) is 0 Å². The first-order valence-corrected chi connectivity index (χ1v) is 5.10. The van der Waals surface area contributed by atoms with Crippen molar-refractivity contribution in [1.82, 2.24) is 10.4 Å². The van der Waals surface area contributed by atoms with E-state index in [9.17, 15) is 0 Å². The molecule has 1 aromatic rings. The van der Waals surface area contributed by atoms with Gasteiger partial charge in [-0.05, 0) is 24.0 Å². The summed E-state index contributed by atoms with van der Waals surface area (Å²) >= 11 is 0. The Kier molecular flexibility index (Phi) is 4.04. The minimum Gasteiger partial charge on any atom is -0.271 e. The topological polar surface area (TPSA) is 50.9 Å². The molecule has 0 radical (unpaired) electrons. The number of aromatic nitrogens is 1. The highest BCUT2D eigenvalue weighted by Crippen LogP contribution is 2.22. The first-order valence-electron chi connectivity index (χ1n) is 5.10. The maximum Gasteiger partial charge on any atom is 0.0657 e. The summed E-state index contributed by atoms with van der Waals surface area (Å²) in [6.45, 7) is 6.41. The summed E-state index contributed by atoms with van der Waals surface area (Å²) in [5.74, 6) is 5.98. The number of rotatable bonds is 4. The minimum atomic E-state index is 0.145. The number of nitrogens with zero attached hydrogens (tertiary/aromatic N) is 1. The number of hydrogen-bond acceptors (Lipinski definition) is 3. The molecule has 14 heavy (non-hydrogen) atoms. The van der Waals surface area contributed by atoms with Crippen LogP contribution in [0.5, 0.6) is 0 Å². The van der Waals surface area contributed by atoms with Gasteiger partial charge in [-0.1, -0.05) is 26.8 Å². The van der Waals surface area contributed by atoms with Gasteiger partial charge in [-0.3, -0.25) is 16.3 Å². The van der Waals surface area contributed by atoms with Crippen molar-refractivity contribution >= 4 is 0 Å². The molecule has 0 aliphatic rings. The zero-order chi connectivity index (χ0) is 10.6. The van der Waals surface area contributed by atoms with Gasteiger partial charge >= 0.3 is 0 Å². The van der Waals surface area contributed by atoms with Gasteiger partial charge in [0.15, 0.2) is 0 Å². The van der Waals surface area contributed by atoms with E-state index >= 15 is 0 Å². The third-order valence-corrected chi connectivity index (χ3v) is 2.45. The lowest BCUT2D eigenvalue weighted by Gasteiger charge is -2.21. The van der Waals surface area contributed by atoms with Crippen molar-refractivity contribution in [2.45, 2.75) is 33.2 Å². The van der Waals surface area contributed by atoms with Gasteiger partial charge in [0.05, 0.1) is 11.7 Å².